The number of carbonyl (C=O) groups is 2. The zero-order valence-corrected chi connectivity index (χ0v) is 17.2. The monoisotopic (exact) mass is 419 g/mol. The van der Waals surface area contributed by atoms with Gasteiger partial charge in [-0.2, -0.15) is 12.6 Å². The van der Waals surface area contributed by atoms with E-state index in [1.54, 1.807) is 36.4 Å². The van der Waals surface area contributed by atoms with Crippen LogP contribution in [0.5, 0.6) is 11.5 Å². The molecule has 2 aromatic rings. The van der Waals surface area contributed by atoms with Crippen LogP contribution in [0.4, 0.5) is 10.5 Å². The Labute approximate surface area is 175 Å². The first-order valence-corrected chi connectivity index (χ1v) is 9.74. The summed E-state index contributed by atoms with van der Waals surface area (Å²) in [6.45, 7) is 2.04. The zero-order chi connectivity index (χ0) is 21.2. The number of hydrogen-bond acceptors (Lipinski definition) is 7. The van der Waals surface area contributed by atoms with Gasteiger partial charge in [-0.1, -0.05) is 31.2 Å². The Kier molecular flexibility index (Phi) is 8.67. The molecule has 0 saturated heterocycles. The van der Waals surface area contributed by atoms with Crippen molar-refractivity contribution in [1.82, 2.24) is 0 Å². The zero-order valence-electron chi connectivity index (χ0n) is 16.3. The molecule has 29 heavy (non-hydrogen) atoms. The molecule has 2 N–H and O–H groups in total. The average Bonchev–Trinajstić information content (AvgIpc) is 2.72. The molecule has 0 saturated carbocycles. The third-order valence-corrected chi connectivity index (χ3v) is 4.53. The molecule has 0 heterocycles. The summed E-state index contributed by atoms with van der Waals surface area (Å²) in [5.41, 5.74) is 1.20. The molecular formula is C21H25NO6S. The molecule has 1 amide bonds. The fraction of sp³-hybridized carbons (Fsp3) is 0.333. The molecule has 7 nitrogen and oxygen atoms in total. The number of rotatable bonds is 9. The Morgan fingerprint density at radius 3 is 2.52 bits per heavy atom. The second-order valence-corrected chi connectivity index (χ2v) is 6.71. The number of aromatic hydroxyl groups is 1. The van der Waals surface area contributed by atoms with Gasteiger partial charge in [0, 0.05) is 11.6 Å². The highest BCUT2D eigenvalue weighted by molar-refractivity contribution is 7.81. The van der Waals surface area contributed by atoms with Gasteiger partial charge in [0.1, 0.15) is 6.10 Å². The molecule has 0 spiro atoms. The van der Waals surface area contributed by atoms with Gasteiger partial charge >= 0.3 is 12.1 Å². The lowest BCUT2D eigenvalue weighted by atomic mass is 9.94. The van der Waals surface area contributed by atoms with E-state index in [1.165, 1.54) is 13.2 Å². The molecule has 2 aromatic carbocycles. The van der Waals surface area contributed by atoms with E-state index in [2.05, 4.69) is 17.9 Å². The van der Waals surface area contributed by atoms with Crippen LogP contribution in [0.25, 0.3) is 0 Å². The van der Waals surface area contributed by atoms with Crippen LogP contribution in [0.3, 0.4) is 0 Å². The SMILES string of the molecule is COc1ccc([C@H](OC(=O)Nc2ccccc2)[C@@H](C)CCOC(=O)CS)cc1O. The molecule has 2 rings (SSSR count). The lowest BCUT2D eigenvalue weighted by Gasteiger charge is -2.25. The largest absolute Gasteiger partial charge is 0.504 e. The van der Waals surface area contributed by atoms with E-state index in [-0.39, 0.29) is 24.0 Å². The number of carbonyl (C=O) groups excluding carboxylic acids is 2. The third-order valence-electron chi connectivity index (χ3n) is 4.27. The minimum Gasteiger partial charge on any atom is -0.504 e. The minimum atomic E-state index is -0.676. The number of phenols is 1. The number of hydrogen-bond donors (Lipinski definition) is 3. The van der Waals surface area contributed by atoms with Crippen molar-refractivity contribution in [3.05, 3.63) is 54.1 Å². The summed E-state index contributed by atoms with van der Waals surface area (Å²) in [5.74, 6) is -0.355. The molecule has 8 heteroatoms. The van der Waals surface area contributed by atoms with E-state index in [9.17, 15) is 14.7 Å². The predicted octanol–water partition coefficient (Wildman–Crippen LogP) is 4.19. The molecule has 0 aliphatic rings. The maximum atomic E-state index is 12.4. The van der Waals surface area contributed by atoms with Gasteiger partial charge in [0.05, 0.1) is 19.5 Å². The first-order chi connectivity index (χ1) is 13.9. The van der Waals surface area contributed by atoms with Crippen molar-refractivity contribution in [3.63, 3.8) is 0 Å². The Morgan fingerprint density at radius 2 is 1.90 bits per heavy atom. The van der Waals surface area contributed by atoms with Gasteiger partial charge in [-0.25, -0.2) is 4.79 Å². The molecule has 0 radical (unpaired) electrons. The van der Waals surface area contributed by atoms with E-state index < -0.39 is 18.2 Å². The van der Waals surface area contributed by atoms with Crippen molar-refractivity contribution in [2.24, 2.45) is 5.92 Å². The van der Waals surface area contributed by atoms with E-state index in [0.717, 1.165) is 0 Å². The quantitative estimate of drug-likeness (QED) is 0.417. The van der Waals surface area contributed by atoms with Crippen molar-refractivity contribution in [3.8, 4) is 11.5 Å². The molecule has 0 unspecified atom stereocenters. The third kappa shape index (κ3) is 6.90. The van der Waals surface area contributed by atoms with Gasteiger partial charge in [-0.05, 0) is 36.2 Å². The van der Waals surface area contributed by atoms with Gasteiger partial charge in [0.15, 0.2) is 11.5 Å². The van der Waals surface area contributed by atoms with Crippen molar-refractivity contribution in [2.45, 2.75) is 19.4 Å². The van der Waals surface area contributed by atoms with Crippen LogP contribution in [-0.4, -0.2) is 36.6 Å². The Bertz CT molecular complexity index is 814. The first-order valence-electron chi connectivity index (χ1n) is 9.10. The standard InChI is InChI=1S/C21H25NO6S/c1-14(10-11-27-19(24)13-29)20(15-8-9-18(26-2)17(23)12-15)28-21(25)22-16-6-4-3-5-7-16/h3-9,12,14,20,23,29H,10-11,13H2,1-2H3,(H,22,25)/t14-,20+/m0/s1. The Balaban J connectivity index is 2.14. The highest BCUT2D eigenvalue weighted by atomic mass is 32.1. The molecule has 0 aromatic heterocycles. The number of benzene rings is 2. The summed E-state index contributed by atoms with van der Waals surface area (Å²) >= 11 is 3.87. The fourth-order valence-corrected chi connectivity index (χ4v) is 2.83. The van der Waals surface area contributed by atoms with Crippen molar-refractivity contribution >= 4 is 30.4 Å². The van der Waals surface area contributed by atoms with Crippen molar-refractivity contribution in [2.75, 3.05) is 24.8 Å². The molecule has 0 bridgehead atoms. The molecule has 2 atom stereocenters. The summed E-state index contributed by atoms with van der Waals surface area (Å²) in [7, 11) is 1.45. The fourth-order valence-electron chi connectivity index (χ4n) is 2.74. The van der Waals surface area contributed by atoms with E-state index in [1.807, 2.05) is 13.0 Å². The topological polar surface area (TPSA) is 94.1 Å². The van der Waals surface area contributed by atoms with E-state index >= 15 is 0 Å². The normalized spacial score (nSPS) is 12.5. The maximum Gasteiger partial charge on any atom is 0.412 e. The number of amides is 1. The van der Waals surface area contributed by atoms with Crippen LogP contribution in [0, 0.1) is 5.92 Å². The van der Waals surface area contributed by atoms with Crippen LogP contribution in [0.2, 0.25) is 0 Å². The molecule has 0 fully saturated rings. The molecular weight excluding hydrogens is 394 g/mol. The van der Waals surface area contributed by atoms with Gasteiger partial charge in [-0.15, -0.1) is 0 Å². The van der Waals surface area contributed by atoms with Gasteiger partial charge in [0.25, 0.3) is 0 Å². The van der Waals surface area contributed by atoms with Crippen molar-refractivity contribution < 1.29 is 28.9 Å². The lowest BCUT2D eigenvalue weighted by molar-refractivity contribution is -0.141. The Hall–Kier alpha value is -2.87. The highest BCUT2D eigenvalue weighted by Crippen LogP contribution is 2.34. The van der Waals surface area contributed by atoms with Crippen LogP contribution < -0.4 is 10.1 Å². The van der Waals surface area contributed by atoms with Gasteiger partial charge < -0.3 is 19.3 Å². The van der Waals surface area contributed by atoms with Gasteiger partial charge in [0.2, 0.25) is 0 Å². The second kappa shape index (κ2) is 11.2. The lowest BCUT2D eigenvalue weighted by Crippen LogP contribution is -2.23. The number of para-hydroxylation sites is 1. The molecule has 0 aliphatic carbocycles. The van der Waals surface area contributed by atoms with Crippen LogP contribution in [-0.2, 0) is 14.3 Å². The number of anilines is 1. The summed E-state index contributed by atoms with van der Waals surface area (Å²) in [4.78, 5) is 23.7. The number of phenolic OH excluding ortho intramolecular Hbond substituents is 1. The van der Waals surface area contributed by atoms with Crippen LogP contribution in [0.1, 0.15) is 25.0 Å². The predicted molar refractivity (Wildman–Crippen MR) is 113 cm³/mol. The number of ether oxygens (including phenoxy) is 3. The number of nitrogens with one attached hydrogen (secondary N) is 1. The van der Waals surface area contributed by atoms with E-state index in [4.69, 9.17) is 14.2 Å². The minimum absolute atomic E-state index is 0.000142. The summed E-state index contributed by atoms with van der Waals surface area (Å²) in [6, 6.07) is 13.7. The number of thiol groups is 1. The van der Waals surface area contributed by atoms with Crippen LogP contribution >= 0.6 is 12.6 Å². The highest BCUT2D eigenvalue weighted by Gasteiger charge is 2.25. The number of esters is 1. The molecule has 156 valence electrons. The summed E-state index contributed by atoms with van der Waals surface area (Å²) in [5, 5.41) is 12.8. The maximum absolute atomic E-state index is 12.4. The summed E-state index contributed by atoms with van der Waals surface area (Å²) in [6.07, 6.45) is -0.851. The smallest absolute Gasteiger partial charge is 0.412 e. The van der Waals surface area contributed by atoms with Gasteiger partial charge in [-0.3, -0.25) is 10.1 Å². The average molecular weight is 419 g/mol. The molecule has 0 aliphatic heterocycles. The second-order valence-electron chi connectivity index (χ2n) is 6.39. The number of methoxy groups -OCH3 is 1. The summed E-state index contributed by atoms with van der Waals surface area (Å²) < 4.78 is 15.8. The Morgan fingerprint density at radius 1 is 1.17 bits per heavy atom. The van der Waals surface area contributed by atoms with Crippen LogP contribution in [0.15, 0.2) is 48.5 Å². The van der Waals surface area contributed by atoms with Crippen molar-refractivity contribution in [1.29, 1.82) is 0 Å². The van der Waals surface area contributed by atoms with E-state index in [0.29, 0.717) is 23.4 Å². The first kappa shape index (κ1) is 22.4.